The molecule has 1 N–H and O–H groups in total. The summed E-state index contributed by atoms with van der Waals surface area (Å²) in [7, 11) is 0. The zero-order valence-electron chi connectivity index (χ0n) is 16.2. The van der Waals surface area contributed by atoms with Crippen molar-refractivity contribution in [2.75, 3.05) is 11.9 Å². The van der Waals surface area contributed by atoms with Gasteiger partial charge in [-0.15, -0.1) is 0 Å². The van der Waals surface area contributed by atoms with Gasteiger partial charge in [0.2, 0.25) is 5.91 Å². The van der Waals surface area contributed by atoms with Crippen LogP contribution in [0.3, 0.4) is 0 Å². The van der Waals surface area contributed by atoms with Crippen LogP contribution in [0.15, 0.2) is 60.8 Å². The van der Waals surface area contributed by atoms with Crippen molar-refractivity contribution in [2.24, 2.45) is 0 Å². The second-order valence-electron chi connectivity index (χ2n) is 6.54. The fourth-order valence-electron chi connectivity index (χ4n) is 3.10. The second kappa shape index (κ2) is 9.11. The highest BCUT2D eigenvalue weighted by Gasteiger charge is 2.19. The van der Waals surface area contributed by atoms with Crippen LogP contribution in [0.5, 0.6) is 0 Å². The van der Waals surface area contributed by atoms with Crippen molar-refractivity contribution in [3.8, 4) is 0 Å². The number of rotatable bonds is 8. The molecule has 150 valence electrons. The molecule has 0 aliphatic heterocycles. The summed E-state index contributed by atoms with van der Waals surface area (Å²) in [5.74, 6) is 0.379. The van der Waals surface area contributed by atoms with Gasteiger partial charge in [-0.3, -0.25) is 4.79 Å². The number of nitrogens with zero attached hydrogens (tertiary/aromatic N) is 3. The molecule has 3 rings (SSSR count). The Bertz CT molecular complexity index is 984. The van der Waals surface area contributed by atoms with E-state index in [2.05, 4.69) is 10.3 Å². The van der Waals surface area contributed by atoms with Gasteiger partial charge in [-0.2, -0.15) is 0 Å². The van der Waals surface area contributed by atoms with Crippen molar-refractivity contribution in [1.29, 1.82) is 0 Å². The quantitative estimate of drug-likeness (QED) is 0.462. The highest BCUT2D eigenvalue weighted by atomic mass is 16.6. The molecule has 1 unspecified atom stereocenters. The molecule has 29 heavy (non-hydrogen) atoms. The van der Waals surface area contributed by atoms with E-state index >= 15 is 0 Å². The Morgan fingerprint density at radius 1 is 1.17 bits per heavy atom. The summed E-state index contributed by atoms with van der Waals surface area (Å²) >= 11 is 0. The number of benzene rings is 2. The van der Waals surface area contributed by atoms with E-state index in [1.54, 1.807) is 6.92 Å². The lowest BCUT2D eigenvalue weighted by Gasteiger charge is -2.19. The molecule has 2 aromatic carbocycles. The topological polar surface area (TPSA) is 99.3 Å². The smallest absolute Gasteiger partial charge is 0.342 e. The molecule has 0 bridgehead atoms. The molecule has 0 aliphatic rings. The second-order valence-corrected chi connectivity index (χ2v) is 6.54. The molecule has 0 saturated carbocycles. The number of ether oxygens (including phenoxy) is 1. The minimum absolute atomic E-state index is 0.0537. The molecule has 0 saturated heterocycles. The number of aromatic nitrogens is 2. The van der Waals surface area contributed by atoms with E-state index < -0.39 is 4.92 Å². The fraction of sp³-hybridized carbons (Fsp3) is 0.238. The number of amides is 1. The maximum Gasteiger partial charge on any atom is 0.342 e. The van der Waals surface area contributed by atoms with Crippen molar-refractivity contribution < 1.29 is 14.5 Å². The number of imidazole rings is 1. The Morgan fingerprint density at radius 3 is 2.45 bits per heavy atom. The third-order valence-electron chi connectivity index (χ3n) is 4.46. The van der Waals surface area contributed by atoms with Crippen molar-refractivity contribution in [3.05, 3.63) is 87.9 Å². The summed E-state index contributed by atoms with van der Waals surface area (Å²) in [5, 5.41) is 13.9. The maximum atomic E-state index is 11.2. The van der Waals surface area contributed by atoms with Gasteiger partial charge in [0, 0.05) is 19.5 Å². The largest absolute Gasteiger partial charge is 0.365 e. The Labute approximate surface area is 168 Å². The van der Waals surface area contributed by atoms with Crippen LogP contribution in [0, 0.1) is 17.0 Å². The molecule has 0 spiro atoms. The molecule has 1 aromatic heterocycles. The van der Waals surface area contributed by atoms with Gasteiger partial charge in [0.25, 0.3) is 0 Å². The molecule has 1 heterocycles. The lowest BCUT2D eigenvalue weighted by molar-refractivity contribution is -0.392. The summed E-state index contributed by atoms with van der Waals surface area (Å²) in [6.45, 7) is 3.77. The van der Waals surface area contributed by atoms with Crippen LogP contribution in [-0.2, 0) is 16.1 Å². The molecular formula is C21H22N4O4. The SMILES string of the molecule is CC(=O)Nc1ccc(C(OCCn2c([N+](=O)[O-])cnc2C)c2ccccc2)cc1. The summed E-state index contributed by atoms with van der Waals surface area (Å²) in [4.78, 5) is 25.9. The van der Waals surface area contributed by atoms with Gasteiger partial charge >= 0.3 is 5.82 Å². The first-order valence-corrected chi connectivity index (χ1v) is 9.16. The lowest BCUT2D eigenvalue weighted by Crippen LogP contribution is -2.14. The molecular weight excluding hydrogens is 372 g/mol. The van der Waals surface area contributed by atoms with Gasteiger partial charge < -0.3 is 20.2 Å². The molecule has 0 fully saturated rings. The summed E-state index contributed by atoms with van der Waals surface area (Å²) in [6, 6.07) is 17.2. The van der Waals surface area contributed by atoms with Gasteiger partial charge in [-0.1, -0.05) is 42.5 Å². The number of hydrogen-bond acceptors (Lipinski definition) is 5. The number of carbonyl (C=O) groups is 1. The molecule has 8 heteroatoms. The zero-order chi connectivity index (χ0) is 20.8. The minimum atomic E-state index is -0.449. The van der Waals surface area contributed by atoms with Gasteiger partial charge in [0.05, 0.1) is 6.61 Å². The Balaban J connectivity index is 1.78. The van der Waals surface area contributed by atoms with E-state index in [0.717, 1.165) is 11.1 Å². The molecule has 1 amide bonds. The van der Waals surface area contributed by atoms with E-state index in [4.69, 9.17) is 4.74 Å². The first-order valence-electron chi connectivity index (χ1n) is 9.16. The number of nitro groups is 1. The van der Waals surface area contributed by atoms with Crippen LogP contribution in [-0.4, -0.2) is 27.0 Å². The van der Waals surface area contributed by atoms with E-state index in [0.29, 0.717) is 18.1 Å². The van der Waals surface area contributed by atoms with Crippen LogP contribution in [0.25, 0.3) is 0 Å². The van der Waals surface area contributed by atoms with E-state index in [1.807, 2.05) is 54.6 Å². The van der Waals surface area contributed by atoms with Crippen molar-refractivity contribution in [2.45, 2.75) is 26.5 Å². The predicted octanol–water partition coefficient (Wildman–Crippen LogP) is 3.86. The summed E-state index contributed by atoms with van der Waals surface area (Å²) in [5.41, 5.74) is 2.59. The van der Waals surface area contributed by atoms with Gasteiger partial charge in [0.15, 0.2) is 5.82 Å². The zero-order valence-corrected chi connectivity index (χ0v) is 16.2. The van der Waals surface area contributed by atoms with Crippen LogP contribution in [0.4, 0.5) is 11.5 Å². The van der Waals surface area contributed by atoms with Crippen molar-refractivity contribution >= 4 is 17.4 Å². The Kier molecular flexibility index (Phi) is 6.36. The van der Waals surface area contributed by atoms with Crippen LogP contribution < -0.4 is 5.32 Å². The fourth-order valence-corrected chi connectivity index (χ4v) is 3.10. The van der Waals surface area contributed by atoms with E-state index in [9.17, 15) is 14.9 Å². The highest BCUT2D eigenvalue weighted by molar-refractivity contribution is 5.88. The number of nitrogens with one attached hydrogen (secondary N) is 1. The molecule has 3 aromatic rings. The Hall–Kier alpha value is -3.52. The predicted molar refractivity (Wildman–Crippen MR) is 109 cm³/mol. The number of carbonyl (C=O) groups excluding carboxylic acids is 1. The summed E-state index contributed by atoms with van der Waals surface area (Å²) in [6.07, 6.45) is 0.913. The monoisotopic (exact) mass is 394 g/mol. The number of hydrogen-bond donors (Lipinski definition) is 1. The normalized spacial score (nSPS) is 11.8. The van der Waals surface area contributed by atoms with E-state index in [-0.39, 0.29) is 24.4 Å². The third kappa shape index (κ3) is 5.05. The van der Waals surface area contributed by atoms with Crippen molar-refractivity contribution in [1.82, 2.24) is 9.55 Å². The lowest BCUT2D eigenvalue weighted by atomic mass is 10.0. The number of anilines is 1. The highest BCUT2D eigenvalue weighted by Crippen LogP contribution is 2.27. The average Bonchev–Trinajstić information content (AvgIpc) is 3.07. The van der Waals surface area contributed by atoms with Crippen LogP contribution in [0.2, 0.25) is 0 Å². The van der Waals surface area contributed by atoms with Crippen LogP contribution in [0.1, 0.15) is 30.0 Å². The molecule has 0 aliphatic carbocycles. The van der Waals surface area contributed by atoms with E-state index in [1.165, 1.54) is 17.7 Å². The first kappa shape index (κ1) is 20.2. The van der Waals surface area contributed by atoms with Crippen LogP contribution >= 0.6 is 0 Å². The van der Waals surface area contributed by atoms with Gasteiger partial charge in [-0.05, 0) is 28.2 Å². The molecule has 8 nitrogen and oxygen atoms in total. The molecule has 1 atom stereocenters. The summed E-state index contributed by atoms with van der Waals surface area (Å²) < 4.78 is 7.67. The average molecular weight is 394 g/mol. The van der Waals surface area contributed by atoms with Crippen molar-refractivity contribution in [3.63, 3.8) is 0 Å². The number of aryl methyl sites for hydroxylation is 1. The van der Waals surface area contributed by atoms with Gasteiger partial charge in [0.1, 0.15) is 18.8 Å². The maximum absolute atomic E-state index is 11.2. The Morgan fingerprint density at radius 2 is 1.83 bits per heavy atom. The third-order valence-corrected chi connectivity index (χ3v) is 4.46. The standard InChI is InChI=1S/C21H22N4O4/c1-15-22-14-20(25(27)28)24(15)12-13-29-21(17-6-4-3-5-7-17)18-8-10-19(11-9-18)23-16(2)26/h3-11,14,21H,12-13H2,1-2H3,(H,23,26). The molecule has 0 radical (unpaired) electrons. The minimum Gasteiger partial charge on any atom is -0.365 e. The first-order chi connectivity index (χ1) is 14.0. The van der Waals surface area contributed by atoms with Gasteiger partial charge in [-0.25, -0.2) is 9.55 Å².